The normalized spacial score (nSPS) is 12.7. The van der Waals surface area contributed by atoms with Gasteiger partial charge in [0.05, 0.1) is 6.07 Å². The SMILES string of the molecule is CC(C#N)C(=O)NC(C)(C)CC(N)=O. The summed E-state index contributed by atoms with van der Waals surface area (Å²) in [4.78, 5) is 21.9. The number of rotatable bonds is 4. The first-order chi connectivity index (χ1) is 6.28. The van der Waals surface area contributed by atoms with Crippen molar-refractivity contribution >= 4 is 11.8 Å². The molecule has 0 radical (unpaired) electrons. The first kappa shape index (κ1) is 12.4. The molecule has 0 aliphatic rings. The van der Waals surface area contributed by atoms with Crippen molar-refractivity contribution in [2.75, 3.05) is 0 Å². The number of hydrogen-bond acceptors (Lipinski definition) is 3. The summed E-state index contributed by atoms with van der Waals surface area (Å²) in [5, 5.41) is 11.1. The largest absolute Gasteiger partial charge is 0.370 e. The van der Waals surface area contributed by atoms with Gasteiger partial charge in [-0.05, 0) is 20.8 Å². The zero-order valence-electron chi connectivity index (χ0n) is 8.63. The number of hydrogen-bond donors (Lipinski definition) is 2. The third-order valence-corrected chi connectivity index (χ3v) is 1.66. The smallest absolute Gasteiger partial charge is 0.237 e. The Balaban J connectivity index is 4.30. The van der Waals surface area contributed by atoms with Crippen molar-refractivity contribution in [2.45, 2.75) is 32.7 Å². The number of carbonyl (C=O) groups is 2. The predicted octanol–water partition coefficient (Wildman–Crippen LogP) is -0.0837. The Hall–Kier alpha value is -1.57. The van der Waals surface area contributed by atoms with Gasteiger partial charge in [0.1, 0.15) is 5.92 Å². The molecular weight excluding hydrogens is 182 g/mol. The van der Waals surface area contributed by atoms with E-state index in [1.165, 1.54) is 6.92 Å². The molecule has 1 atom stereocenters. The Morgan fingerprint density at radius 3 is 2.43 bits per heavy atom. The highest BCUT2D eigenvalue weighted by atomic mass is 16.2. The molecule has 2 amide bonds. The van der Waals surface area contributed by atoms with Crippen LogP contribution in [0.3, 0.4) is 0 Å². The Morgan fingerprint density at radius 1 is 1.57 bits per heavy atom. The zero-order valence-corrected chi connectivity index (χ0v) is 8.63. The number of nitrogens with one attached hydrogen (secondary N) is 1. The van der Waals surface area contributed by atoms with E-state index in [2.05, 4.69) is 5.32 Å². The van der Waals surface area contributed by atoms with Crippen molar-refractivity contribution in [1.82, 2.24) is 5.32 Å². The third kappa shape index (κ3) is 4.45. The average Bonchev–Trinajstić information content (AvgIpc) is 1.99. The summed E-state index contributed by atoms with van der Waals surface area (Å²) in [6.07, 6.45) is 0.0525. The number of nitrogens with zero attached hydrogens (tertiary/aromatic N) is 1. The van der Waals surface area contributed by atoms with E-state index in [0.717, 1.165) is 0 Å². The zero-order chi connectivity index (χ0) is 11.4. The van der Waals surface area contributed by atoms with E-state index in [1.54, 1.807) is 13.8 Å². The molecule has 78 valence electrons. The molecule has 0 aromatic rings. The van der Waals surface area contributed by atoms with Gasteiger partial charge in [0.25, 0.3) is 0 Å². The first-order valence-corrected chi connectivity index (χ1v) is 4.28. The standard InChI is InChI=1S/C9H15N3O2/c1-6(5-10)8(14)12-9(2,3)4-7(11)13/h6H,4H2,1-3H3,(H2,11,13)(H,12,14). The summed E-state index contributed by atoms with van der Waals surface area (Å²) in [6.45, 7) is 4.86. The van der Waals surface area contributed by atoms with E-state index in [-0.39, 0.29) is 6.42 Å². The fraction of sp³-hybridized carbons (Fsp3) is 0.667. The molecule has 0 saturated carbocycles. The number of amides is 2. The lowest BCUT2D eigenvalue weighted by atomic mass is 9.99. The molecule has 0 fully saturated rings. The maximum absolute atomic E-state index is 11.3. The molecule has 14 heavy (non-hydrogen) atoms. The van der Waals surface area contributed by atoms with Crippen LogP contribution in [-0.2, 0) is 9.59 Å². The molecule has 0 bridgehead atoms. The first-order valence-electron chi connectivity index (χ1n) is 4.28. The molecule has 1 unspecified atom stereocenters. The van der Waals surface area contributed by atoms with Crippen LogP contribution in [0.1, 0.15) is 27.2 Å². The highest BCUT2D eigenvalue weighted by molar-refractivity contribution is 5.82. The summed E-state index contributed by atoms with van der Waals surface area (Å²) < 4.78 is 0. The van der Waals surface area contributed by atoms with Gasteiger partial charge in [-0.15, -0.1) is 0 Å². The number of nitriles is 1. The van der Waals surface area contributed by atoms with Crippen molar-refractivity contribution in [1.29, 1.82) is 5.26 Å². The molecule has 0 heterocycles. The Bertz CT molecular complexity index is 278. The van der Waals surface area contributed by atoms with E-state index in [1.807, 2.05) is 6.07 Å². The van der Waals surface area contributed by atoms with Gasteiger partial charge in [-0.2, -0.15) is 5.26 Å². The van der Waals surface area contributed by atoms with Crippen LogP contribution in [0.2, 0.25) is 0 Å². The van der Waals surface area contributed by atoms with Gasteiger partial charge in [-0.25, -0.2) is 0 Å². The quantitative estimate of drug-likeness (QED) is 0.659. The summed E-state index contributed by atoms with van der Waals surface area (Å²) in [7, 11) is 0. The minimum atomic E-state index is -0.720. The summed E-state index contributed by atoms with van der Waals surface area (Å²) in [6, 6.07) is 1.81. The van der Waals surface area contributed by atoms with Crippen LogP contribution in [0.15, 0.2) is 0 Å². The van der Waals surface area contributed by atoms with Crippen molar-refractivity contribution in [3.8, 4) is 6.07 Å². The van der Waals surface area contributed by atoms with Crippen molar-refractivity contribution < 1.29 is 9.59 Å². The van der Waals surface area contributed by atoms with E-state index >= 15 is 0 Å². The molecular formula is C9H15N3O2. The van der Waals surface area contributed by atoms with Crippen LogP contribution >= 0.6 is 0 Å². The van der Waals surface area contributed by atoms with Crippen LogP contribution in [0.4, 0.5) is 0 Å². The van der Waals surface area contributed by atoms with Crippen molar-refractivity contribution in [2.24, 2.45) is 11.7 Å². The summed E-state index contributed by atoms with van der Waals surface area (Å²) in [5.41, 5.74) is 4.31. The van der Waals surface area contributed by atoms with E-state index in [9.17, 15) is 9.59 Å². The molecule has 0 aliphatic carbocycles. The van der Waals surface area contributed by atoms with Crippen LogP contribution in [-0.4, -0.2) is 17.4 Å². The maximum Gasteiger partial charge on any atom is 0.237 e. The molecule has 0 rings (SSSR count). The Kier molecular flexibility index (Phi) is 4.09. The molecule has 3 N–H and O–H groups in total. The van der Waals surface area contributed by atoms with Gasteiger partial charge < -0.3 is 11.1 Å². The second kappa shape index (κ2) is 4.61. The minimum Gasteiger partial charge on any atom is -0.370 e. The fourth-order valence-corrected chi connectivity index (χ4v) is 0.980. The van der Waals surface area contributed by atoms with Gasteiger partial charge >= 0.3 is 0 Å². The number of nitrogens with two attached hydrogens (primary N) is 1. The molecule has 0 aromatic heterocycles. The molecule has 5 heteroatoms. The van der Waals surface area contributed by atoms with Crippen LogP contribution in [0.5, 0.6) is 0 Å². The Labute approximate surface area is 83.3 Å². The van der Waals surface area contributed by atoms with Gasteiger partial charge in [0.15, 0.2) is 0 Å². The van der Waals surface area contributed by atoms with Crippen LogP contribution in [0, 0.1) is 17.2 Å². The Morgan fingerprint density at radius 2 is 2.07 bits per heavy atom. The monoisotopic (exact) mass is 197 g/mol. The van der Waals surface area contributed by atoms with Gasteiger partial charge in [-0.3, -0.25) is 9.59 Å². The highest BCUT2D eigenvalue weighted by Crippen LogP contribution is 2.08. The van der Waals surface area contributed by atoms with E-state index < -0.39 is 23.3 Å². The molecule has 0 aromatic carbocycles. The average molecular weight is 197 g/mol. The van der Waals surface area contributed by atoms with Gasteiger partial charge in [0, 0.05) is 12.0 Å². The summed E-state index contributed by atoms with van der Waals surface area (Å²) in [5.74, 6) is -1.60. The van der Waals surface area contributed by atoms with Gasteiger partial charge in [0.2, 0.25) is 11.8 Å². The number of carbonyl (C=O) groups excluding carboxylic acids is 2. The number of primary amides is 1. The topological polar surface area (TPSA) is 96.0 Å². The second-order valence-electron chi connectivity index (χ2n) is 3.87. The summed E-state index contributed by atoms with van der Waals surface area (Å²) >= 11 is 0. The van der Waals surface area contributed by atoms with Crippen molar-refractivity contribution in [3.05, 3.63) is 0 Å². The van der Waals surface area contributed by atoms with Gasteiger partial charge in [-0.1, -0.05) is 0 Å². The van der Waals surface area contributed by atoms with E-state index in [4.69, 9.17) is 11.0 Å². The van der Waals surface area contributed by atoms with Crippen molar-refractivity contribution in [3.63, 3.8) is 0 Å². The second-order valence-corrected chi connectivity index (χ2v) is 3.87. The third-order valence-electron chi connectivity index (χ3n) is 1.66. The molecule has 0 spiro atoms. The van der Waals surface area contributed by atoms with Crippen LogP contribution < -0.4 is 11.1 Å². The van der Waals surface area contributed by atoms with Crippen LogP contribution in [0.25, 0.3) is 0 Å². The lowest BCUT2D eigenvalue weighted by Gasteiger charge is -2.25. The molecule has 0 aliphatic heterocycles. The lowest BCUT2D eigenvalue weighted by Crippen LogP contribution is -2.47. The minimum absolute atomic E-state index is 0.0525. The fourth-order valence-electron chi connectivity index (χ4n) is 0.980. The molecule has 5 nitrogen and oxygen atoms in total. The highest BCUT2D eigenvalue weighted by Gasteiger charge is 2.25. The predicted molar refractivity (Wildman–Crippen MR) is 50.8 cm³/mol. The molecule has 0 saturated heterocycles. The van der Waals surface area contributed by atoms with E-state index in [0.29, 0.717) is 0 Å². The maximum atomic E-state index is 11.3. The lowest BCUT2D eigenvalue weighted by molar-refractivity contribution is -0.125.